The highest BCUT2D eigenvalue weighted by molar-refractivity contribution is 5.91. The number of hydrogen-bond donors (Lipinski definition) is 0. The van der Waals surface area contributed by atoms with Gasteiger partial charge in [0.15, 0.2) is 11.6 Å². The molecule has 19 heavy (non-hydrogen) atoms. The van der Waals surface area contributed by atoms with Crippen LogP contribution in [0.15, 0.2) is 24.3 Å². The van der Waals surface area contributed by atoms with Gasteiger partial charge in [0, 0.05) is 12.6 Å². The first-order valence-electron chi connectivity index (χ1n) is 6.17. The molecule has 0 radical (unpaired) electrons. The van der Waals surface area contributed by atoms with Gasteiger partial charge in [-0.15, -0.1) is 0 Å². The van der Waals surface area contributed by atoms with E-state index in [9.17, 15) is 9.18 Å². The molecule has 1 aromatic carbocycles. The van der Waals surface area contributed by atoms with E-state index in [1.165, 1.54) is 30.4 Å². The van der Waals surface area contributed by atoms with Crippen LogP contribution in [0.2, 0.25) is 0 Å². The average Bonchev–Trinajstić information content (AvgIpc) is 2.46. The zero-order valence-corrected chi connectivity index (χ0v) is 10.8. The fourth-order valence-electron chi connectivity index (χ4n) is 1.81. The molecule has 0 N–H and O–H groups in total. The van der Waals surface area contributed by atoms with Gasteiger partial charge in [-0.25, -0.2) is 9.45 Å². The van der Waals surface area contributed by atoms with Crippen LogP contribution in [0.1, 0.15) is 18.4 Å². The van der Waals surface area contributed by atoms with Crippen LogP contribution in [0.25, 0.3) is 6.08 Å². The van der Waals surface area contributed by atoms with Crippen LogP contribution in [-0.2, 0) is 9.63 Å². The van der Waals surface area contributed by atoms with Gasteiger partial charge in [0.1, 0.15) is 0 Å². The normalized spacial score (nSPS) is 15.8. The molecule has 1 saturated heterocycles. The SMILES string of the molecule is COc1ccc(/C=C/C(=O)N2CCCCO2)cc1F. The Bertz CT molecular complexity index is 482. The zero-order chi connectivity index (χ0) is 13.7. The maximum absolute atomic E-state index is 13.5. The number of methoxy groups -OCH3 is 1. The smallest absolute Gasteiger partial charge is 0.270 e. The molecule has 1 heterocycles. The third kappa shape index (κ3) is 3.54. The van der Waals surface area contributed by atoms with E-state index in [2.05, 4.69) is 0 Å². The second-order valence-electron chi connectivity index (χ2n) is 4.21. The van der Waals surface area contributed by atoms with E-state index in [0.29, 0.717) is 18.7 Å². The lowest BCUT2D eigenvalue weighted by atomic mass is 10.2. The molecule has 0 bridgehead atoms. The second-order valence-corrected chi connectivity index (χ2v) is 4.21. The molecular weight excluding hydrogens is 249 g/mol. The van der Waals surface area contributed by atoms with Crippen molar-refractivity contribution in [3.8, 4) is 5.75 Å². The molecule has 102 valence electrons. The van der Waals surface area contributed by atoms with E-state index in [0.717, 1.165) is 12.8 Å². The van der Waals surface area contributed by atoms with Gasteiger partial charge >= 0.3 is 0 Å². The monoisotopic (exact) mass is 265 g/mol. The van der Waals surface area contributed by atoms with E-state index in [1.54, 1.807) is 12.1 Å². The third-order valence-corrected chi connectivity index (χ3v) is 2.84. The average molecular weight is 265 g/mol. The summed E-state index contributed by atoms with van der Waals surface area (Å²) in [5.74, 6) is -0.495. The molecule has 2 rings (SSSR count). The van der Waals surface area contributed by atoms with Crippen LogP contribution in [0.5, 0.6) is 5.75 Å². The highest BCUT2D eigenvalue weighted by Crippen LogP contribution is 2.18. The summed E-state index contributed by atoms with van der Waals surface area (Å²) in [4.78, 5) is 17.0. The third-order valence-electron chi connectivity index (χ3n) is 2.84. The van der Waals surface area contributed by atoms with Crippen molar-refractivity contribution in [2.45, 2.75) is 12.8 Å². The van der Waals surface area contributed by atoms with Crippen molar-refractivity contribution in [2.24, 2.45) is 0 Å². The van der Waals surface area contributed by atoms with Gasteiger partial charge in [0.05, 0.1) is 13.7 Å². The lowest BCUT2D eigenvalue weighted by Gasteiger charge is -2.24. The van der Waals surface area contributed by atoms with Gasteiger partial charge in [0.25, 0.3) is 5.91 Å². The molecule has 0 unspecified atom stereocenters. The summed E-state index contributed by atoms with van der Waals surface area (Å²) >= 11 is 0. The Balaban J connectivity index is 2.01. The van der Waals surface area contributed by atoms with Gasteiger partial charge in [-0.3, -0.25) is 9.63 Å². The molecule has 4 nitrogen and oxygen atoms in total. The second kappa shape index (κ2) is 6.33. The van der Waals surface area contributed by atoms with E-state index < -0.39 is 5.82 Å². The standard InChI is InChI=1S/C14H16FNO3/c1-18-13-6-4-11(10-12(13)15)5-7-14(17)16-8-2-3-9-19-16/h4-7,10H,2-3,8-9H2,1H3/b7-5+. The predicted octanol–water partition coefficient (Wildman–Crippen LogP) is 2.40. The molecule has 5 heteroatoms. The molecule has 0 aromatic heterocycles. The van der Waals surface area contributed by atoms with Crippen molar-refractivity contribution in [1.29, 1.82) is 0 Å². The van der Waals surface area contributed by atoms with Gasteiger partial charge in [-0.05, 0) is 36.6 Å². The summed E-state index contributed by atoms with van der Waals surface area (Å²) in [6.45, 7) is 1.16. The Hall–Kier alpha value is -1.88. The van der Waals surface area contributed by atoms with Crippen molar-refractivity contribution >= 4 is 12.0 Å². The fraction of sp³-hybridized carbons (Fsp3) is 0.357. The van der Waals surface area contributed by atoms with Crippen molar-refractivity contribution in [1.82, 2.24) is 5.06 Å². The highest BCUT2D eigenvalue weighted by atomic mass is 19.1. The first-order chi connectivity index (χ1) is 9.20. The number of hydroxylamine groups is 2. The maximum Gasteiger partial charge on any atom is 0.270 e. The van der Waals surface area contributed by atoms with Crippen molar-refractivity contribution in [3.63, 3.8) is 0 Å². The Morgan fingerprint density at radius 1 is 1.47 bits per heavy atom. The van der Waals surface area contributed by atoms with Gasteiger partial charge in [0.2, 0.25) is 0 Å². The van der Waals surface area contributed by atoms with E-state index >= 15 is 0 Å². The molecular formula is C14H16FNO3. The Morgan fingerprint density at radius 2 is 2.32 bits per heavy atom. The molecule has 0 saturated carbocycles. The molecule has 1 aliphatic heterocycles. The maximum atomic E-state index is 13.5. The first-order valence-corrected chi connectivity index (χ1v) is 6.17. The van der Waals surface area contributed by atoms with Crippen molar-refractivity contribution in [2.75, 3.05) is 20.3 Å². The summed E-state index contributed by atoms with van der Waals surface area (Å²) in [7, 11) is 1.41. The van der Waals surface area contributed by atoms with Crippen LogP contribution in [0.4, 0.5) is 4.39 Å². The van der Waals surface area contributed by atoms with Crippen LogP contribution in [0, 0.1) is 5.82 Å². The summed E-state index contributed by atoms with van der Waals surface area (Å²) in [6.07, 6.45) is 4.85. The summed E-state index contributed by atoms with van der Waals surface area (Å²) in [5.41, 5.74) is 0.601. The summed E-state index contributed by atoms with van der Waals surface area (Å²) < 4.78 is 18.3. The van der Waals surface area contributed by atoms with Crippen molar-refractivity contribution in [3.05, 3.63) is 35.7 Å². The topological polar surface area (TPSA) is 38.8 Å². The van der Waals surface area contributed by atoms with Crippen LogP contribution in [0.3, 0.4) is 0 Å². The minimum absolute atomic E-state index is 0.183. The number of hydrogen-bond acceptors (Lipinski definition) is 3. The molecule has 0 spiro atoms. The number of benzene rings is 1. The van der Waals surface area contributed by atoms with Crippen LogP contribution >= 0.6 is 0 Å². The lowest BCUT2D eigenvalue weighted by Crippen LogP contribution is -2.34. The van der Waals surface area contributed by atoms with Gasteiger partial charge < -0.3 is 4.74 Å². The minimum Gasteiger partial charge on any atom is -0.494 e. The Morgan fingerprint density at radius 3 is 2.95 bits per heavy atom. The number of carbonyl (C=O) groups is 1. The number of rotatable bonds is 3. The molecule has 1 aliphatic rings. The number of carbonyl (C=O) groups excluding carboxylic acids is 1. The highest BCUT2D eigenvalue weighted by Gasteiger charge is 2.14. The van der Waals surface area contributed by atoms with Crippen molar-refractivity contribution < 1.29 is 18.8 Å². The number of halogens is 1. The van der Waals surface area contributed by atoms with Gasteiger partial charge in [-0.1, -0.05) is 6.07 Å². The Labute approximate surface area is 111 Å². The van der Waals surface area contributed by atoms with Gasteiger partial charge in [-0.2, -0.15) is 0 Å². The van der Waals surface area contributed by atoms with Crippen LogP contribution < -0.4 is 4.74 Å². The molecule has 1 amide bonds. The molecule has 1 aromatic rings. The minimum atomic E-state index is -0.452. The molecule has 0 atom stereocenters. The van der Waals surface area contributed by atoms with E-state index in [1.807, 2.05) is 0 Å². The van der Waals surface area contributed by atoms with Crippen LogP contribution in [-0.4, -0.2) is 31.2 Å². The van der Waals surface area contributed by atoms with E-state index in [4.69, 9.17) is 9.57 Å². The molecule has 1 fully saturated rings. The summed E-state index contributed by atoms with van der Waals surface area (Å²) in [5, 5.41) is 1.33. The molecule has 0 aliphatic carbocycles. The Kier molecular flexibility index (Phi) is 4.52. The van der Waals surface area contributed by atoms with E-state index in [-0.39, 0.29) is 11.7 Å². The largest absolute Gasteiger partial charge is 0.494 e. The fourth-order valence-corrected chi connectivity index (χ4v) is 1.81. The first kappa shape index (κ1) is 13.5. The zero-order valence-electron chi connectivity index (χ0n) is 10.8. The quantitative estimate of drug-likeness (QED) is 0.788. The summed E-state index contributed by atoms with van der Waals surface area (Å²) in [6, 6.07) is 4.53. The number of ether oxygens (including phenoxy) is 1. The number of nitrogens with zero attached hydrogens (tertiary/aromatic N) is 1. The predicted molar refractivity (Wildman–Crippen MR) is 68.9 cm³/mol. The number of amides is 1. The lowest BCUT2D eigenvalue weighted by molar-refractivity contribution is -0.191.